The van der Waals surface area contributed by atoms with Gasteiger partial charge < -0.3 is 19.4 Å². The molecule has 2 aromatic heterocycles. The Morgan fingerprint density at radius 2 is 1.49 bits per heavy atom. The van der Waals surface area contributed by atoms with Crippen LogP contribution in [0.2, 0.25) is 0 Å². The Kier molecular flexibility index (Phi) is 10.5. The second-order valence-electron chi connectivity index (χ2n) is 15.3. The third-order valence-corrected chi connectivity index (χ3v) is 9.99. The highest BCUT2D eigenvalue weighted by Gasteiger charge is 2.52. The molecule has 0 aliphatic carbocycles. The lowest BCUT2D eigenvalue weighted by Gasteiger charge is -2.32. The molecule has 11 heteroatoms. The summed E-state index contributed by atoms with van der Waals surface area (Å²) in [5.74, 6) is -1.18. The largest absolute Gasteiger partial charge is 0.498 e. The minimum Gasteiger partial charge on any atom is -0.458 e. The van der Waals surface area contributed by atoms with Gasteiger partial charge in [0.15, 0.2) is 11.6 Å². The number of hydrogen-bond acceptors (Lipinski definition) is 9. The number of rotatable bonds is 10. The molecule has 0 saturated carbocycles. The van der Waals surface area contributed by atoms with Crippen molar-refractivity contribution in [3.05, 3.63) is 64.1 Å². The van der Waals surface area contributed by atoms with Crippen LogP contribution >= 0.6 is 11.3 Å². The SMILES string of the molecule is C[C@@H](NC(=O)[C@@H](CC(=O)c1ccc(C(C)(C)C)s1)Cc1ccc(-c2ncc(B3OC(C)(C)C(C)(C)O3)cn2)cc1)C(=O)OC(C)(C)C. The van der Waals surface area contributed by atoms with Gasteiger partial charge in [-0.2, -0.15) is 0 Å². The molecular weight excluding hydrogens is 613 g/mol. The number of nitrogens with one attached hydrogen (secondary N) is 1. The lowest BCUT2D eigenvalue weighted by molar-refractivity contribution is -0.158. The molecule has 1 aromatic carbocycles. The zero-order chi connectivity index (χ0) is 34.9. The van der Waals surface area contributed by atoms with E-state index in [1.54, 1.807) is 40.1 Å². The van der Waals surface area contributed by atoms with Crippen LogP contribution in [0.3, 0.4) is 0 Å². The molecule has 3 heterocycles. The van der Waals surface area contributed by atoms with Crippen molar-refractivity contribution in [3.8, 4) is 11.4 Å². The van der Waals surface area contributed by atoms with Gasteiger partial charge in [0.2, 0.25) is 5.91 Å². The van der Waals surface area contributed by atoms with Crippen molar-refractivity contribution in [2.75, 3.05) is 0 Å². The summed E-state index contributed by atoms with van der Waals surface area (Å²) >= 11 is 1.46. The van der Waals surface area contributed by atoms with Gasteiger partial charge in [0.1, 0.15) is 11.6 Å². The van der Waals surface area contributed by atoms with E-state index in [4.69, 9.17) is 14.0 Å². The van der Waals surface area contributed by atoms with E-state index >= 15 is 0 Å². The van der Waals surface area contributed by atoms with E-state index in [1.165, 1.54) is 11.3 Å². The average Bonchev–Trinajstić information content (AvgIpc) is 3.55. The number of aromatic nitrogens is 2. The summed E-state index contributed by atoms with van der Waals surface area (Å²) in [6.45, 7) is 21.2. The van der Waals surface area contributed by atoms with Crippen molar-refractivity contribution in [3.63, 3.8) is 0 Å². The van der Waals surface area contributed by atoms with Gasteiger partial charge in [0.25, 0.3) is 0 Å². The fourth-order valence-corrected chi connectivity index (χ4v) is 5.93. The highest BCUT2D eigenvalue weighted by atomic mass is 32.1. The molecule has 4 rings (SSSR count). The summed E-state index contributed by atoms with van der Waals surface area (Å²) in [4.78, 5) is 50.4. The van der Waals surface area contributed by atoms with Gasteiger partial charge in [-0.3, -0.25) is 9.59 Å². The maximum absolute atomic E-state index is 13.6. The number of amides is 1. The van der Waals surface area contributed by atoms with Crippen molar-refractivity contribution in [2.24, 2.45) is 5.92 Å². The van der Waals surface area contributed by atoms with Crippen LogP contribution in [0.15, 0.2) is 48.8 Å². The van der Waals surface area contributed by atoms with Crippen LogP contribution in [0.5, 0.6) is 0 Å². The summed E-state index contributed by atoms with van der Waals surface area (Å²) < 4.78 is 17.7. The van der Waals surface area contributed by atoms with Crippen LogP contribution in [0.1, 0.15) is 103 Å². The molecule has 1 aliphatic heterocycles. The number of esters is 1. The van der Waals surface area contributed by atoms with Gasteiger partial charge in [0, 0.05) is 40.6 Å². The number of nitrogens with zero attached hydrogens (tertiary/aromatic N) is 2. The second kappa shape index (κ2) is 13.6. The molecular formula is C36H48BN3O6S. The van der Waals surface area contributed by atoms with E-state index in [0.29, 0.717) is 17.1 Å². The van der Waals surface area contributed by atoms with Crippen LogP contribution in [0.25, 0.3) is 11.4 Å². The Balaban J connectivity index is 1.49. The molecule has 47 heavy (non-hydrogen) atoms. The third kappa shape index (κ3) is 9.15. The molecule has 1 N–H and O–H groups in total. The van der Waals surface area contributed by atoms with E-state index < -0.39 is 41.9 Å². The van der Waals surface area contributed by atoms with Gasteiger partial charge in [0.05, 0.1) is 16.1 Å². The summed E-state index contributed by atoms with van der Waals surface area (Å²) in [7, 11) is -0.547. The predicted octanol–water partition coefficient (Wildman–Crippen LogP) is 6.08. The fraction of sp³-hybridized carbons (Fsp3) is 0.528. The molecule has 9 nitrogen and oxygen atoms in total. The molecule has 0 unspecified atom stereocenters. The maximum Gasteiger partial charge on any atom is 0.498 e. The number of hydrogen-bond donors (Lipinski definition) is 1. The minimum absolute atomic E-state index is 0.00220. The predicted molar refractivity (Wildman–Crippen MR) is 186 cm³/mol. The minimum atomic E-state index is -0.867. The summed E-state index contributed by atoms with van der Waals surface area (Å²) in [5.41, 5.74) is 0.716. The molecule has 1 amide bonds. The Morgan fingerprint density at radius 1 is 0.915 bits per heavy atom. The topological polar surface area (TPSA) is 117 Å². The first-order chi connectivity index (χ1) is 21.6. The number of carbonyl (C=O) groups excluding carboxylic acids is 3. The fourth-order valence-electron chi connectivity index (χ4n) is 4.92. The van der Waals surface area contributed by atoms with Crippen molar-refractivity contribution < 1.29 is 28.4 Å². The highest BCUT2D eigenvalue weighted by molar-refractivity contribution is 7.14. The molecule has 0 radical (unpaired) electrons. The van der Waals surface area contributed by atoms with Gasteiger partial charge in [-0.15, -0.1) is 11.3 Å². The summed E-state index contributed by atoms with van der Waals surface area (Å²) in [5, 5.41) is 2.78. The average molecular weight is 662 g/mol. The molecule has 2 atom stereocenters. The molecule has 1 aliphatic rings. The lowest BCUT2D eigenvalue weighted by Crippen LogP contribution is -2.45. The van der Waals surface area contributed by atoms with Gasteiger partial charge in [-0.1, -0.05) is 45.0 Å². The summed E-state index contributed by atoms with van der Waals surface area (Å²) in [6, 6.07) is 10.5. The van der Waals surface area contributed by atoms with Crippen LogP contribution < -0.4 is 10.8 Å². The Morgan fingerprint density at radius 3 is 2.00 bits per heavy atom. The smallest absolute Gasteiger partial charge is 0.458 e. The second-order valence-corrected chi connectivity index (χ2v) is 16.4. The third-order valence-electron chi connectivity index (χ3n) is 8.43. The van der Waals surface area contributed by atoms with Crippen LogP contribution in [0, 0.1) is 5.92 Å². The van der Waals surface area contributed by atoms with Crippen LogP contribution in [-0.4, -0.2) is 57.6 Å². The molecule has 1 fully saturated rings. The normalized spacial score (nSPS) is 17.2. The number of carbonyl (C=O) groups is 3. The van der Waals surface area contributed by atoms with E-state index in [-0.39, 0.29) is 23.5 Å². The van der Waals surface area contributed by atoms with E-state index in [1.807, 2.05) is 64.1 Å². The first kappa shape index (κ1) is 36.4. The lowest BCUT2D eigenvalue weighted by atomic mass is 9.81. The van der Waals surface area contributed by atoms with E-state index in [9.17, 15) is 14.4 Å². The monoisotopic (exact) mass is 661 g/mol. The first-order valence-corrected chi connectivity index (χ1v) is 16.9. The first-order valence-electron chi connectivity index (χ1n) is 16.1. The standard InChI is InChI=1S/C36H48BN3O6S/c1-22(32(43)44-34(5,6)7)40-31(42)25(19-27(41)28-16-17-29(47-28)33(2,3)4)18-23-12-14-24(15-13-23)30-38-20-26(21-39-30)37-45-35(8,9)36(10,11)46-37/h12-17,20-22,25H,18-19H2,1-11H3,(H,40,42)/t22-,25-/m1/s1. The molecule has 3 aromatic rings. The Labute approximate surface area is 283 Å². The zero-order valence-corrected chi connectivity index (χ0v) is 30.3. The number of Topliss-reactive ketones (excluding diaryl/α,β-unsaturated/α-hetero) is 1. The molecule has 1 saturated heterocycles. The van der Waals surface area contributed by atoms with Gasteiger partial charge in [-0.05, 0) is 84.9 Å². The molecule has 252 valence electrons. The zero-order valence-electron chi connectivity index (χ0n) is 29.5. The van der Waals surface area contributed by atoms with Crippen molar-refractivity contribution in [2.45, 2.75) is 117 Å². The molecule has 0 bridgehead atoms. The number of thiophene rings is 1. The van der Waals surface area contributed by atoms with Crippen LogP contribution in [0.4, 0.5) is 0 Å². The Bertz CT molecular complexity index is 1570. The van der Waals surface area contributed by atoms with Crippen molar-refractivity contribution in [1.82, 2.24) is 15.3 Å². The van der Waals surface area contributed by atoms with E-state index in [2.05, 4.69) is 36.1 Å². The van der Waals surface area contributed by atoms with E-state index in [0.717, 1.165) is 21.5 Å². The number of benzene rings is 1. The maximum atomic E-state index is 13.6. The Hall–Kier alpha value is -3.41. The molecule has 0 spiro atoms. The summed E-state index contributed by atoms with van der Waals surface area (Å²) in [6.07, 6.45) is 3.73. The van der Waals surface area contributed by atoms with Crippen LogP contribution in [-0.2, 0) is 35.5 Å². The number of ether oxygens (including phenoxy) is 1. The van der Waals surface area contributed by atoms with Crippen molar-refractivity contribution in [1.29, 1.82) is 0 Å². The quantitative estimate of drug-likeness (QED) is 0.158. The van der Waals surface area contributed by atoms with Crippen molar-refractivity contribution >= 4 is 41.6 Å². The van der Waals surface area contributed by atoms with Gasteiger partial charge >= 0.3 is 13.1 Å². The highest BCUT2D eigenvalue weighted by Crippen LogP contribution is 2.36. The van der Waals surface area contributed by atoms with Gasteiger partial charge in [-0.25, -0.2) is 14.8 Å². The number of ketones is 1.